The van der Waals surface area contributed by atoms with Crippen LogP contribution in [0.1, 0.15) is 28.7 Å². The topological polar surface area (TPSA) is 76.0 Å². The third-order valence-corrected chi connectivity index (χ3v) is 5.51. The van der Waals surface area contributed by atoms with Gasteiger partial charge in [0, 0.05) is 17.7 Å². The maximum absolute atomic E-state index is 14.0. The summed E-state index contributed by atoms with van der Waals surface area (Å²) >= 11 is 0. The highest BCUT2D eigenvalue weighted by Gasteiger charge is 2.54. The second kappa shape index (κ2) is 5.76. The number of benzene rings is 2. The van der Waals surface area contributed by atoms with Gasteiger partial charge in [0.1, 0.15) is 17.1 Å². The van der Waals surface area contributed by atoms with Crippen LogP contribution in [0.25, 0.3) is 0 Å². The first-order chi connectivity index (χ1) is 13.5. The molecule has 2 aromatic carbocycles. The second-order valence-electron chi connectivity index (χ2n) is 7.32. The van der Waals surface area contributed by atoms with Gasteiger partial charge in [-0.2, -0.15) is 5.10 Å². The van der Waals surface area contributed by atoms with Crippen LogP contribution in [0.15, 0.2) is 48.7 Å². The minimum absolute atomic E-state index is 0.0848. The summed E-state index contributed by atoms with van der Waals surface area (Å²) in [6.07, 6.45) is 1.51. The van der Waals surface area contributed by atoms with Crippen LogP contribution in [0, 0.1) is 12.7 Å². The average molecular weight is 376 g/mol. The number of amides is 2. The predicted octanol–water partition coefficient (Wildman–Crippen LogP) is 2.96. The molecule has 3 aromatic rings. The molecule has 1 atom stereocenters. The van der Waals surface area contributed by atoms with Gasteiger partial charge in [0.05, 0.1) is 12.7 Å². The summed E-state index contributed by atoms with van der Waals surface area (Å²) in [6, 6.07) is 12.2. The van der Waals surface area contributed by atoms with E-state index in [4.69, 9.17) is 0 Å². The third kappa shape index (κ3) is 2.29. The lowest BCUT2D eigenvalue weighted by atomic mass is 9.72. The van der Waals surface area contributed by atoms with Gasteiger partial charge in [-0.25, -0.2) is 9.07 Å². The lowest BCUT2D eigenvalue weighted by Gasteiger charge is -2.31. The Labute approximate surface area is 160 Å². The van der Waals surface area contributed by atoms with E-state index in [9.17, 15) is 14.0 Å². The van der Waals surface area contributed by atoms with E-state index < -0.39 is 11.2 Å². The number of aromatic nitrogens is 2. The molecule has 28 heavy (non-hydrogen) atoms. The molecule has 0 saturated heterocycles. The zero-order valence-electron chi connectivity index (χ0n) is 15.1. The number of halogens is 1. The maximum Gasteiger partial charge on any atom is 0.240 e. The number of anilines is 2. The number of aryl methyl sites for hydroxylation is 1. The highest BCUT2D eigenvalue weighted by molar-refractivity contribution is 6.14. The summed E-state index contributed by atoms with van der Waals surface area (Å²) < 4.78 is 15.6. The Balaban J connectivity index is 1.65. The summed E-state index contributed by atoms with van der Waals surface area (Å²) in [5, 5.41) is 10.1. The van der Waals surface area contributed by atoms with Crippen LogP contribution in [-0.2, 0) is 21.5 Å². The molecule has 5 rings (SSSR count). The number of hydrogen-bond acceptors (Lipinski definition) is 3. The van der Waals surface area contributed by atoms with Crippen molar-refractivity contribution in [3.05, 3.63) is 76.7 Å². The fourth-order valence-electron chi connectivity index (χ4n) is 4.10. The van der Waals surface area contributed by atoms with E-state index in [0.717, 1.165) is 11.1 Å². The summed E-state index contributed by atoms with van der Waals surface area (Å²) in [5.74, 6) is -0.609. The minimum Gasteiger partial charge on any atom is -0.325 e. The van der Waals surface area contributed by atoms with Crippen LogP contribution in [-0.4, -0.2) is 21.6 Å². The molecule has 7 heteroatoms. The zero-order chi connectivity index (χ0) is 19.5. The third-order valence-electron chi connectivity index (χ3n) is 5.51. The van der Waals surface area contributed by atoms with Crippen molar-refractivity contribution >= 4 is 23.3 Å². The molecule has 0 fully saturated rings. The van der Waals surface area contributed by atoms with E-state index in [-0.39, 0.29) is 18.2 Å². The van der Waals surface area contributed by atoms with Crippen molar-refractivity contribution < 1.29 is 14.0 Å². The largest absolute Gasteiger partial charge is 0.325 e. The monoisotopic (exact) mass is 376 g/mol. The molecule has 140 valence electrons. The van der Waals surface area contributed by atoms with Gasteiger partial charge < -0.3 is 10.6 Å². The van der Waals surface area contributed by atoms with Gasteiger partial charge in [-0.3, -0.25) is 9.59 Å². The highest BCUT2D eigenvalue weighted by Crippen LogP contribution is 2.49. The van der Waals surface area contributed by atoms with E-state index in [1.165, 1.54) is 18.2 Å². The number of carbonyl (C=O) groups is 2. The Bertz CT molecular complexity index is 1140. The molecule has 6 nitrogen and oxygen atoms in total. The Kier molecular flexibility index (Phi) is 3.43. The minimum atomic E-state index is -1.26. The van der Waals surface area contributed by atoms with Gasteiger partial charge in [0.25, 0.3) is 0 Å². The Morgan fingerprint density at radius 2 is 1.89 bits per heavy atom. The Morgan fingerprint density at radius 3 is 2.68 bits per heavy atom. The van der Waals surface area contributed by atoms with Crippen LogP contribution in [0.3, 0.4) is 0 Å². The maximum atomic E-state index is 14.0. The molecule has 0 saturated carbocycles. The molecule has 2 amide bonds. The summed E-state index contributed by atoms with van der Waals surface area (Å²) in [5.41, 5.74) is 2.50. The van der Waals surface area contributed by atoms with Gasteiger partial charge in [0.15, 0.2) is 0 Å². The van der Waals surface area contributed by atoms with Crippen molar-refractivity contribution in [1.29, 1.82) is 0 Å². The highest BCUT2D eigenvalue weighted by atomic mass is 19.1. The standard InChI is InChI=1S/C21H17FN4O2/c1-12-2-4-13(5-3-12)11-26-19-16(10-23-26)21(9-18(27)25-19)15-8-14(22)6-7-17(15)24-20(21)28/h2-8,10H,9,11H2,1H3,(H,24,28)(H,25,27)/t21-/m0/s1. The second-order valence-corrected chi connectivity index (χ2v) is 7.32. The summed E-state index contributed by atoms with van der Waals surface area (Å²) in [4.78, 5) is 25.5. The van der Waals surface area contributed by atoms with E-state index in [0.29, 0.717) is 29.2 Å². The molecule has 2 N–H and O–H groups in total. The van der Waals surface area contributed by atoms with Crippen molar-refractivity contribution in [2.75, 3.05) is 10.6 Å². The van der Waals surface area contributed by atoms with E-state index in [1.54, 1.807) is 10.9 Å². The molecule has 1 aromatic heterocycles. The molecule has 1 spiro atoms. The van der Waals surface area contributed by atoms with Crippen molar-refractivity contribution in [2.24, 2.45) is 0 Å². The first kappa shape index (κ1) is 16.7. The number of fused-ring (bicyclic) bond motifs is 4. The Morgan fingerprint density at radius 1 is 1.11 bits per heavy atom. The van der Waals surface area contributed by atoms with Gasteiger partial charge in [-0.15, -0.1) is 0 Å². The number of nitrogens with zero attached hydrogens (tertiary/aromatic N) is 2. The van der Waals surface area contributed by atoms with Crippen LogP contribution < -0.4 is 10.6 Å². The SMILES string of the molecule is Cc1ccc(Cn2ncc3c2NC(=O)C[C@@]32C(=O)Nc3ccc(F)cc32)cc1. The molecular weight excluding hydrogens is 359 g/mol. The smallest absolute Gasteiger partial charge is 0.240 e. The quantitative estimate of drug-likeness (QED) is 0.722. The number of nitrogens with one attached hydrogen (secondary N) is 2. The Hall–Kier alpha value is -3.48. The normalized spacial score (nSPS) is 19.9. The van der Waals surface area contributed by atoms with Crippen molar-refractivity contribution in [2.45, 2.75) is 25.3 Å². The molecule has 2 aliphatic heterocycles. The van der Waals surface area contributed by atoms with Crippen molar-refractivity contribution in [1.82, 2.24) is 9.78 Å². The first-order valence-electron chi connectivity index (χ1n) is 9.00. The number of hydrogen-bond donors (Lipinski definition) is 2. The van der Waals surface area contributed by atoms with Crippen LogP contribution in [0.5, 0.6) is 0 Å². The van der Waals surface area contributed by atoms with E-state index in [2.05, 4.69) is 15.7 Å². The molecule has 0 unspecified atom stereocenters. The molecular formula is C21H17FN4O2. The zero-order valence-corrected chi connectivity index (χ0v) is 15.1. The van der Waals surface area contributed by atoms with Gasteiger partial charge in [-0.05, 0) is 36.2 Å². The molecule has 0 aliphatic carbocycles. The summed E-state index contributed by atoms with van der Waals surface area (Å²) in [6.45, 7) is 2.46. The van der Waals surface area contributed by atoms with E-state index >= 15 is 0 Å². The van der Waals surface area contributed by atoms with Crippen LogP contribution in [0.4, 0.5) is 15.9 Å². The molecule has 0 bridgehead atoms. The fraction of sp³-hybridized carbons (Fsp3) is 0.190. The molecule has 0 radical (unpaired) electrons. The molecule has 2 aliphatic rings. The van der Waals surface area contributed by atoms with Gasteiger partial charge in [0.2, 0.25) is 11.8 Å². The average Bonchev–Trinajstić information content (AvgIpc) is 3.18. The van der Waals surface area contributed by atoms with Gasteiger partial charge in [-0.1, -0.05) is 29.8 Å². The first-order valence-corrected chi connectivity index (χ1v) is 9.00. The predicted molar refractivity (Wildman–Crippen MR) is 102 cm³/mol. The van der Waals surface area contributed by atoms with Crippen LogP contribution >= 0.6 is 0 Å². The summed E-state index contributed by atoms with van der Waals surface area (Å²) in [7, 11) is 0. The number of rotatable bonds is 2. The van der Waals surface area contributed by atoms with Crippen molar-refractivity contribution in [3.8, 4) is 0 Å². The van der Waals surface area contributed by atoms with E-state index in [1.807, 2.05) is 31.2 Å². The number of carbonyl (C=O) groups excluding carboxylic acids is 2. The van der Waals surface area contributed by atoms with Crippen molar-refractivity contribution in [3.63, 3.8) is 0 Å². The lowest BCUT2D eigenvalue weighted by Crippen LogP contribution is -2.43. The van der Waals surface area contributed by atoms with Crippen LogP contribution in [0.2, 0.25) is 0 Å². The lowest BCUT2D eigenvalue weighted by molar-refractivity contribution is -0.125. The van der Waals surface area contributed by atoms with Gasteiger partial charge >= 0.3 is 0 Å². The molecule has 3 heterocycles. The fourth-order valence-corrected chi connectivity index (χ4v) is 4.10.